The molecule has 1 aliphatic heterocycles. The molecule has 0 unspecified atom stereocenters. The van der Waals surface area contributed by atoms with Gasteiger partial charge in [-0.3, -0.25) is 4.79 Å². The van der Waals surface area contributed by atoms with Crippen molar-refractivity contribution in [1.82, 2.24) is 9.97 Å². The van der Waals surface area contributed by atoms with Crippen LogP contribution in [-0.2, 0) is 9.53 Å². The monoisotopic (exact) mass is 306 g/mol. The highest BCUT2D eigenvalue weighted by Crippen LogP contribution is 2.23. The van der Waals surface area contributed by atoms with Crippen molar-refractivity contribution in [3.05, 3.63) is 11.4 Å². The summed E-state index contributed by atoms with van der Waals surface area (Å²) in [6.45, 7) is 13.0. The Balaban J connectivity index is 2.14. The highest BCUT2D eigenvalue weighted by Gasteiger charge is 2.20. The molecule has 6 nitrogen and oxygen atoms in total. The van der Waals surface area contributed by atoms with Crippen molar-refractivity contribution in [2.24, 2.45) is 5.41 Å². The number of hydrogen-bond acceptors (Lipinski definition) is 5. The molecule has 0 atom stereocenters. The summed E-state index contributed by atoms with van der Waals surface area (Å²) in [5.41, 5.74) is 2.29. The fourth-order valence-electron chi connectivity index (χ4n) is 2.45. The van der Waals surface area contributed by atoms with Crippen LogP contribution in [0.2, 0.25) is 0 Å². The van der Waals surface area contributed by atoms with Gasteiger partial charge in [-0.25, -0.2) is 9.97 Å². The number of amides is 1. The molecule has 2 heterocycles. The van der Waals surface area contributed by atoms with E-state index in [4.69, 9.17) is 4.74 Å². The van der Waals surface area contributed by atoms with Crippen LogP contribution in [0.1, 0.15) is 38.6 Å². The molecule has 1 aromatic rings. The number of hydrogen-bond donors (Lipinski definition) is 1. The Morgan fingerprint density at radius 1 is 1.18 bits per heavy atom. The van der Waals surface area contributed by atoms with Crippen LogP contribution in [0.25, 0.3) is 0 Å². The summed E-state index contributed by atoms with van der Waals surface area (Å²) in [5, 5.41) is 2.96. The van der Waals surface area contributed by atoms with E-state index in [1.54, 1.807) is 0 Å². The van der Waals surface area contributed by atoms with Crippen molar-refractivity contribution in [3.63, 3.8) is 0 Å². The van der Waals surface area contributed by atoms with Crippen LogP contribution >= 0.6 is 0 Å². The molecule has 1 aromatic heterocycles. The van der Waals surface area contributed by atoms with Crippen molar-refractivity contribution >= 4 is 17.5 Å². The molecule has 2 rings (SSSR count). The Bertz CT molecular complexity index is 523. The Morgan fingerprint density at radius 3 is 2.23 bits per heavy atom. The Labute approximate surface area is 132 Å². The number of carbonyl (C=O) groups is 1. The molecule has 6 heteroatoms. The van der Waals surface area contributed by atoms with Gasteiger partial charge < -0.3 is 15.0 Å². The highest BCUT2D eigenvalue weighted by molar-refractivity contribution is 5.92. The third kappa shape index (κ3) is 4.40. The molecule has 0 bridgehead atoms. The van der Waals surface area contributed by atoms with E-state index in [-0.39, 0.29) is 11.3 Å². The summed E-state index contributed by atoms with van der Waals surface area (Å²) >= 11 is 0. The van der Waals surface area contributed by atoms with Gasteiger partial charge in [0.25, 0.3) is 0 Å². The van der Waals surface area contributed by atoms with Crippen LogP contribution < -0.4 is 10.2 Å². The lowest BCUT2D eigenvalue weighted by Gasteiger charge is -2.27. The van der Waals surface area contributed by atoms with Gasteiger partial charge in [-0.2, -0.15) is 0 Å². The largest absolute Gasteiger partial charge is 0.378 e. The fraction of sp³-hybridized carbons (Fsp3) is 0.688. The second kappa shape index (κ2) is 6.60. The molecule has 0 aromatic carbocycles. The summed E-state index contributed by atoms with van der Waals surface area (Å²) in [5.74, 6) is 0.716. The van der Waals surface area contributed by atoms with Gasteiger partial charge >= 0.3 is 0 Å². The minimum absolute atomic E-state index is 0.00132. The van der Waals surface area contributed by atoms with Crippen LogP contribution in [0.15, 0.2) is 0 Å². The first-order valence-corrected chi connectivity index (χ1v) is 7.74. The Morgan fingerprint density at radius 2 is 1.73 bits per heavy atom. The SMILES string of the molecule is Cc1nc(N2CCOCC2)nc(C)c1NC(=O)CC(C)(C)C. The van der Waals surface area contributed by atoms with Crippen LogP contribution in [-0.4, -0.2) is 42.2 Å². The number of rotatable bonds is 3. The molecule has 22 heavy (non-hydrogen) atoms. The van der Waals surface area contributed by atoms with Gasteiger partial charge in [0.15, 0.2) is 0 Å². The molecule has 1 saturated heterocycles. The summed E-state index contributed by atoms with van der Waals surface area (Å²) in [7, 11) is 0. The molecular weight excluding hydrogens is 280 g/mol. The fourth-order valence-corrected chi connectivity index (χ4v) is 2.45. The predicted octanol–water partition coefficient (Wildman–Crippen LogP) is 2.30. The Kier molecular flexibility index (Phi) is 5.01. The van der Waals surface area contributed by atoms with Crippen molar-refractivity contribution in [3.8, 4) is 0 Å². The molecular formula is C16H26N4O2. The maximum absolute atomic E-state index is 12.1. The molecule has 0 saturated carbocycles. The number of morpholine rings is 1. The van der Waals surface area contributed by atoms with E-state index in [1.807, 2.05) is 34.6 Å². The van der Waals surface area contributed by atoms with Crippen molar-refractivity contribution in [1.29, 1.82) is 0 Å². The van der Waals surface area contributed by atoms with E-state index in [9.17, 15) is 4.79 Å². The van der Waals surface area contributed by atoms with Crippen LogP contribution in [0.3, 0.4) is 0 Å². The van der Waals surface area contributed by atoms with Crippen LogP contribution in [0.4, 0.5) is 11.6 Å². The first-order chi connectivity index (χ1) is 10.3. The molecule has 1 aliphatic rings. The molecule has 0 aliphatic carbocycles. The number of anilines is 2. The van der Waals surface area contributed by atoms with Gasteiger partial charge in [0.1, 0.15) is 0 Å². The lowest BCUT2D eigenvalue weighted by atomic mass is 9.92. The maximum Gasteiger partial charge on any atom is 0.226 e. The van der Waals surface area contributed by atoms with Crippen molar-refractivity contribution in [2.75, 3.05) is 36.5 Å². The van der Waals surface area contributed by atoms with Gasteiger partial charge in [-0.15, -0.1) is 0 Å². The lowest BCUT2D eigenvalue weighted by molar-refractivity contribution is -0.117. The van der Waals surface area contributed by atoms with Gasteiger partial charge in [0.2, 0.25) is 11.9 Å². The summed E-state index contributed by atoms with van der Waals surface area (Å²) in [6.07, 6.45) is 0.469. The van der Waals surface area contributed by atoms with Crippen LogP contribution in [0, 0.1) is 19.3 Å². The van der Waals surface area contributed by atoms with E-state index in [2.05, 4.69) is 20.2 Å². The molecule has 0 spiro atoms. The van der Waals surface area contributed by atoms with E-state index in [0.717, 1.165) is 30.2 Å². The number of carbonyl (C=O) groups excluding carboxylic acids is 1. The normalized spacial score (nSPS) is 15.8. The molecule has 0 radical (unpaired) electrons. The van der Waals surface area contributed by atoms with Crippen LogP contribution in [0.5, 0.6) is 0 Å². The average molecular weight is 306 g/mol. The quantitative estimate of drug-likeness (QED) is 0.928. The second-order valence-electron chi connectivity index (χ2n) is 6.95. The first kappa shape index (κ1) is 16.7. The number of nitrogens with one attached hydrogen (secondary N) is 1. The zero-order valence-electron chi connectivity index (χ0n) is 14.2. The zero-order chi connectivity index (χ0) is 16.3. The average Bonchev–Trinajstić information content (AvgIpc) is 2.41. The standard InChI is InChI=1S/C16H26N4O2/c1-11-14(19-13(21)10-16(3,4)5)12(2)18-15(17-11)20-6-8-22-9-7-20/h6-10H2,1-5H3,(H,19,21). The van der Waals surface area contributed by atoms with Gasteiger partial charge in [0.05, 0.1) is 30.3 Å². The van der Waals surface area contributed by atoms with Crippen molar-refractivity contribution < 1.29 is 9.53 Å². The van der Waals surface area contributed by atoms with E-state index in [1.165, 1.54) is 0 Å². The second-order valence-corrected chi connectivity index (χ2v) is 6.95. The Hall–Kier alpha value is -1.69. The lowest BCUT2D eigenvalue weighted by Crippen LogP contribution is -2.37. The van der Waals surface area contributed by atoms with Gasteiger partial charge in [-0.1, -0.05) is 20.8 Å². The van der Waals surface area contributed by atoms with E-state index < -0.39 is 0 Å². The van der Waals surface area contributed by atoms with Gasteiger partial charge in [-0.05, 0) is 19.3 Å². The third-order valence-corrected chi connectivity index (χ3v) is 3.51. The number of ether oxygens (including phenoxy) is 1. The minimum atomic E-state index is -0.0412. The summed E-state index contributed by atoms with van der Waals surface area (Å²) < 4.78 is 5.35. The van der Waals surface area contributed by atoms with E-state index >= 15 is 0 Å². The zero-order valence-corrected chi connectivity index (χ0v) is 14.2. The molecule has 1 amide bonds. The summed E-state index contributed by atoms with van der Waals surface area (Å²) in [6, 6.07) is 0. The van der Waals surface area contributed by atoms with Crippen molar-refractivity contribution in [2.45, 2.75) is 41.0 Å². The highest BCUT2D eigenvalue weighted by atomic mass is 16.5. The third-order valence-electron chi connectivity index (χ3n) is 3.51. The summed E-state index contributed by atoms with van der Waals surface area (Å²) in [4.78, 5) is 23.3. The maximum atomic E-state index is 12.1. The van der Waals surface area contributed by atoms with Gasteiger partial charge in [0, 0.05) is 19.5 Å². The smallest absolute Gasteiger partial charge is 0.226 e. The first-order valence-electron chi connectivity index (χ1n) is 7.74. The number of nitrogens with zero attached hydrogens (tertiary/aromatic N) is 3. The topological polar surface area (TPSA) is 67.3 Å². The molecule has 122 valence electrons. The number of aryl methyl sites for hydroxylation is 2. The predicted molar refractivity (Wildman–Crippen MR) is 87.2 cm³/mol. The molecule has 1 fully saturated rings. The number of aromatic nitrogens is 2. The van der Waals surface area contributed by atoms with E-state index in [0.29, 0.717) is 25.6 Å². The molecule has 1 N–H and O–H groups in total. The minimum Gasteiger partial charge on any atom is -0.378 e.